The third-order valence-corrected chi connectivity index (χ3v) is 9.46. The van der Waals surface area contributed by atoms with E-state index in [-0.39, 0.29) is 30.7 Å². The van der Waals surface area contributed by atoms with Crippen LogP contribution in [0.5, 0.6) is 0 Å². The van der Waals surface area contributed by atoms with Crippen LogP contribution in [0.3, 0.4) is 0 Å². The zero-order valence-electron chi connectivity index (χ0n) is 25.3. The van der Waals surface area contributed by atoms with Crippen molar-refractivity contribution < 1.29 is 19.8 Å². The van der Waals surface area contributed by atoms with E-state index in [2.05, 4.69) is 43.3 Å². The topological polar surface area (TPSA) is 148 Å². The summed E-state index contributed by atoms with van der Waals surface area (Å²) in [5.74, 6) is -1.49. The van der Waals surface area contributed by atoms with Crippen LogP contribution in [0.1, 0.15) is 87.2 Å². The summed E-state index contributed by atoms with van der Waals surface area (Å²) in [6, 6.07) is 20.7. The number of nitrogens with zero attached hydrogens (tertiary/aromatic N) is 2. The van der Waals surface area contributed by atoms with Crippen LogP contribution in [0.15, 0.2) is 59.3 Å². The van der Waals surface area contributed by atoms with Crippen molar-refractivity contribution in [2.45, 2.75) is 84.1 Å². The second-order valence-corrected chi connectivity index (χ2v) is 12.8. The van der Waals surface area contributed by atoms with Gasteiger partial charge in [0.1, 0.15) is 0 Å². The number of thiophene rings is 2. The average Bonchev–Trinajstić information content (AvgIpc) is 3.66. The fourth-order valence-corrected chi connectivity index (χ4v) is 6.53. The Kier molecular flexibility index (Phi) is 15.2. The van der Waals surface area contributed by atoms with Crippen molar-refractivity contribution in [1.29, 1.82) is 10.5 Å². The minimum Gasteiger partial charge on any atom is -0.481 e. The van der Waals surface area contributed by atoms with E-state index < -0.39 is 22.8 Å². The first kappa shape index (κ1) is 36.5. The molecular weight excluding hydrogens is 567 g/mol. The lowest BCUT2D eigenvalue weighted by Crippen LogP contribution is -2.30. The van der Waals surface area contributed by atoms with Gasteiger partial charge in [0.2, 0.25) is 0 Å². The van der Waals surface area contributed by atoms with E-state index in [9.17, 15) is 20.1 Å². The largest absolute Gasteiger partial charge is 0.481 e. The molecule has 3 aromatic rings. The maximum Gasteiger partial charge on any atom is 0.303 e. The molecule has 42 heavy (non-hydrogen) atoms. The van der Waals surface area contributed by atoms with Gasteiger partial charge < -0.3 is 15.9 Å². The normalized spacial score (nSPS) is 14.1. The monoisotopic (exact) mass is 609 g/mol. The molecule has 7 nitrogen and oxygen atoms in total. The van der Waals surface area contributed by atoms with Crippen LogP contribution in [0, 0.1) is 41.4 Å². The van der Waals surface area contributed by atoms with Crippen molar-refractivity contribution in [2.75, 3.05) is 0 Å². The number of rotatable bonds is 11. The van der Waals surface area contributed by atoms with Gasteiger partial charge in [-0.15, -0.1) is 22.7 Å². The van der Waals surface area contributed by atoms with Crippen LogP contribution >= 0.6 is 22.7 Å². The van der Waals surface area contributed by atoms with E-state index in [0.717, 1.165) is 9.75 Å². The second-order valence-electron chi connectivity index (χ2n) is 10.9. The third kappa shape index (κ3) is 10.4. The number of nitrogens with two attached hydrogens (primary N) is 1. The summed E-state index contributed by atoms with van der Waals surface area (Å²) in [4.78, 5) is 23.2. The Hall–Kier alpha value is -3.50. The maximum absolute atomic E-state index is 10.6. The van der Waals surface area contributed by atoms with Crippen LogP contribution in [-0.4, -0.2) is 22.2 Å². The number of nitriles is 2. The summed E-state index contributed by atoms with van der Waals surface area (Å²) in [5, 5.41) is 40.1. The summed E-state index contributed by atoms with van der Waals surface area (Å²) in [6.07, 6.45) is 0.807. The van der Waals surface area contributed by atoms with Crippen molar-refractivity contribution in [2.24, 2.45) is 17.6 Å². The molecule has 0 bridgehead atoms. The van der Waals surface area contributed by atoms with Crippen molar-refractivity contribution in [3.63, 3.8) is 0 Å². The Balaban J connectivity index is 0.000000324. The number of hydrogen-bond acceptors (Lipinski definition) is 7. The van der Waals surface area contributed by atoms with Gasteiger partial charge in [-0.3, -0.25) is 9.59 Å². The predicted octanol–water partition coefficient (Wildman–Crippen LogP) is 8.08. The molecule has 0 saturated heterocycles. The number of carboxylic acids is 2. The first-order chi connectivity index (χ1) is 19.7. The fourth-order valence-electron chi connectivity index (χ4n) is 4.42. The van der Waals surface area contributed by atoms with Gasteiger partial charge in [-0.1, -0.05) is 69.7 Å². The molecule has 2 aromatic heterocycles. The second kappa shape index (κ2) is 17.5. The van der Waals surface area contributed by atoms with Crippen molar-refractivity contribution >= 4 is 34.6 Å². The molecule has 4 N–H and O–H groups in total. The summed E-state index contributed by atoms with van der Waals surface area (Å²) in [6.45, 7) is 11.9. The standard InChI is InChI=1S/2C12H15NO2S.C9H13N/c2*1-9(2)12(8-13,6-5-11(14)15)10-4-3-7-16-10;1-7-3-5-9(6-4-7)8(2)10/h2*3-4,7,9H,5-6H2,1-2H3,(H,14,15);3-6,8H,10H2,1-2H3/t;;8-/m..1/s1. The van der Waals surface area contributed by atoms with Crippen molar-refractivity contribution in [1.82, 2.24) is 0 Å². The molecule has 9 heteroatoms. The van der Waals surface area contributed by atoms with Gasteiger partial charge in [-0.25, -0.2) is 0 Å². The van der Waals surface area contributed by atoms with E-state index in [1.54, 1.807) is 0 Å². The molecule has 1 aromatic carbocycles. The number of aryl methyl sites for hydroxylation is 1. The van der Waals surface area contributed by atoms with Gasteiger partial charge in [0, 0.05) is 28.6 Å². The van der Waals surface area contributed by atoms with Gasteiger partial charge in [0.15, 0.2) is 0 Å². The number of benzene rings is 1. The zero-order chi connectivity index (χ0) is 31.9. The average molecular weight is 610 g/mol. The van der Waals surface area contributed by atoms with Crippen molar-refractivity contribution in [3.05, 3.63) is 80.2 Å². The molecular formula is C33H43N3O4S2. The van der Waals surface area contributed by atoms with Gasteiger partial charge in [-0.05, 0) is 67.0 Å². The lowest BCUT2D eigenvalue weighted by molar-refractivity contribution is -0.138. The smallest absolute Gasteiger partial charge is 0.303 e. The lowest BCUT2D eigenvalue weighted by Gasteiger charge is -2.29. The molecule has 3 rings (SSSR count). The predicted molar refractivity (Wildman–Crippen MR) is 170 cm³/mol. The highest BCUT2D eigenvalue weighted by Crippen LogP contribution is 2.40. The molecule has 2 heterocycles. The van der Waals surface area contributed by atoms with E-state index in [0.29, 0.717) is 12.8 Å². The van der Waals surface area contributed by atoms with Gasteiger partial charge in [0.05, 0.1) is 23.0 Å². The first-order valence-corrected chi connectivity index (χ1v) is 15.7. The first-order valence-electron chi connectivity index (χ1n) is 13.9. The van der Waals surface area contributed by atoms with E-state index in [1.807, 2.05) is 69.6 Å². The minimum absolute atomic E-state index is 0.0314. The molecule has 0 fully saturated rings. The number of aliphatic carboxylic acids is 2. The molecule has 0 saturated carbocycles. The lowest BCUT2D eigenvalue weighted by atomic mass is 9.74. The third-order valence-electron chi connectivity index (χ3n) is 7.36. The summed E-state index contributed by atoms with van der Waals surface area (Å²) in [5.41, 5.74) is 6.82. The van der Waals surface area contributed by atoms with E-state index in [4.69, 9.17) is 15.9 Å². The number of hydrogen-bond donors (Lipinski definition) is 3. The van der Waals surface area contributed by atoms with Crippen LogP contribution in [0.2, 0.25) is 0 Å². The number of carbonyl (C=O) groups is 2. The highest BCUT2D eigenvalue weighted by molar-refractivity contribution is 7.10. The minimum atomic E-state index is -0.850. The summed E-state index contributed by atoms with van der Waals surface area (Å²) in [7, 11) is 0. The highest BCUT2D eigenvalue weighted by Gasteiger charge is 2.38. The van der Waals surface area contributed by atoms with Gasteiger partial charge >= 0.3 is 11.9 Å². The van der Waals surface area contributed by atoms with Crippen LogP contribution in [0.4, 0.5) is 0 Å². The van der Waals surface area contributed by atoms with Crippen LogP contribution in [-0.2, 0) is 20.4 Å². The summed E-state index contributed by atoms with van der Waals surface area (Å²) >= 11 is 3.04. The Labute approximate surface area is 258 Å². The Morgan fingerprint density at radius 2 is 1.17 bits per heavy atom. The van der Waals surface area contributed by atoms with Crippen LogP contribution in [0.25, 0.3) is 0 Å². The molecule has 0 aliphatic rings. The van der Waals surface area contributed by atoms with Crippen LogP contribution < -0.4 is 5.73 Å². The Morgan fingerprint density at radius 3 is 1.40 bits per heavy atom. The highest BCUT2D eigenvalue weighted by atomic mass is 32.1. The zero-order valence-corrected chi connectivity index (χ0v) is 27.0. The molecule has 0 amide bonds. The SMILES string of the molecule is CC(C)C(C#N)(CCC(=O)O)c1cccs1.CC(C)C(C#N)(CCC(=O)O)c1cccs1.Cc1ccc([C@@H](C)N)cc1. The molecule has 3 atom stereocenters. The fraction of sp³-hybridized carbons (Fsp3) is 0.455. The van der Waals surface area contributed by atoms with E-state index in [1.165, 1.54) is 33.8 Å². The molecule has 226 valence electrons. The molecule has 2 unspecified atom stereocenters. The Morgan fingerprint density at radius 1 is 0.786 bits per heavy atom. The molecule has 0 radical (unpaired) electrons. The molecule has 0 spiro atoms. The molecule has 0 aliphatic carbocycles. The van der Waals surface area contributed by atoms with Gasteiger partial charge in [-0.2, -0.15) is 10.5 Å². The molecule has 0 aliphatic heterocycles. The quantitative estimate of drug-likeness (QED) is 0.199. The summed E-state index contributed by atoms with van der Waals surface area (Å²) < 4.78 is 0. The van der Waals surface area contributed by atoms with Gasteiger partial charge in [0.25, 0.3) is 0 Å². The Bertz CT molecular complexity index is 1230. The maximum atomic E-state index is 10.6. The van der Waals surface area contributed by atoms with E-state index >= 15 is 0 Å². The van der Waals surface area contributed by atoms with Crippen molar-refractivity contribution in [3.8, 4) is 12.1 Å². The number of carboxylic acid groups (broad SMARTS) is 2.